The van der Waals surface area contributed by atoms with Crippen LogP contribution in [0.2, 0.25) is 0 Å². The van der Waals surface area contributed by atoms with E-state index in [1.54, 1.807) is 24.3 Å². The second-order valence-corrected chi connectivity index (χ2v) is 7.74. The lowest BCUT2D eigenvalue weighted by atomic mass is 9.98. The summed E-state index contributed by atoms with van der Waals surface area (Å²) in [6.45, 7) is 0.286. The number of para-hydroxylation sites is 1. The Morgan fingerprint density at radius 1 is 0.750 bits per heavy atom. The van der Waals surface area contributed by atoms with Gasteiger partial charge in [0.25, 0.3) is 0 Å². The van der Waals surface area contributed by atoms with E-state index in [1.807, 2.05) is 54.6 Å². The number of rotatable bonds is 6. The first-order chi connectivity index (χ1) is 15.8. The normalized spacial score (nSPS) is 13.6. The van der Waals surface area contributed by atoms with E-state index in [0.717, 1.165) is 29.7 Å². The molecule has 0 atom stereocenters. The molecule has 0 aliphatic heterocycles. The largest absolute Gasteiger partial charge is 0.468 e. The predicted octanol–water partition coefficient (Wildman–Crippen LogP) is 5.99. The van der Waals surface area contributed by atoms with Crippen LogP contribution in [0.1, 0.15) is 53.6 Å². The maximum atomic E-state index is 12.2. The van der Waals surface area contributed by atoms with Crippen molar-refractivity contribution in [3.05, 3.63) is 95.6 Å². The van der Waals surface area contributed by atoms with E-state index in [4.69, 9.17) is 14.2 Å². The molecule has 0 radical (unpaired) electrons. The molecule has 0 N–H and O–H groups in total. The molecule has 0 aromatic heterocycles. The Kier molecular flexibility index (Phi) is 7.57. The van der Waals surface area contributed by atoms with Gasteiger partial charge in [-0.05, 0) is 73.5 Å². The van der Waals surface area contributed by atoms with Crippen LogP contribution in [0.3, 0.4) is 0 Å². The van der Waals surface area contributed by atoms with E-state index < -0.39 is 5.97 Å². The van der Waals surface area contributed by atoms with Crippen molar-refractivity contribution in [2.24, 2.45) is 0 Å². The van der Waals surface area contributed by atoms with Crippen molar-refractivity contribution >= 4 is 5.97 Å². The molecule has 4 rings (SSSR count). The van der Waals surface area contributed by atoms with Crippen molar-refractivity contribution in [1.29, 1.82) is 0 Å². The van der Waals surface area contributed by atoms with Crippen molar-refractivity contribution in [1.82, 2.24) is 0 Å². The molecule has 4 nitrogen and oxygen atoms in total. The topological polar surface area (TPSA) is 44.8 Å². The summed E-state index contributed by atoms with van der Waals surface area (Å²) in [4.78, 5) is 12.2. The molecule has 1 aliphatic rings. The molecular weight excluding hydrogens is 400 g/mol. The number of benzene rings is 3. The van der Waals surface area contributed by atoms with E-state index in [9.17, 15) is 4.79 Å². The van der Waals surface area contributed by atoms with Crippen LogP contribution in [0.15, 0.2) is 78.9 Å². The summed E-state index contributed by atoms with van der Waals surface area (Å²) >= 11 is 0. The summed E-state index contributed by atoms with van der Waals surface area (Å²) in [5, 5.41) is 0. The van der Waals surface area contributed by atoms with Gasteiger partial charge in [-0.15, -0.1) is 0 Å². The highest BCUT2D eigenvalue weighted by molar-refractivity contribution is 5.91. The molecule has 3 aromatic carbocycles. The molecule has 1 aliphatic carbocycles. The van der Waals surface area contributed by atoms with Crippen LogP contribution in [0, 0.1) is 11.8 Å². The average molecular weight is 427 g/mol. The van der Waals surface area contributed by atoms with Crippen LogP contribution < -0.4 is 9.47 Å². The van der Waals surface area contributed by atoms with Gasteiger partial charge < -0.3 is 14.2 Å². The highest BCUT2D eigenvalue weighted by Crippen LogP contribution is 2.21. The van der Waals surface area contributed by atoms with Crippen LogP contribution >= 0.6 is 0 Å². The molecule has 162 valence electrons. The van der Waals surface area contributed by atoms with Gasteiger partial charge in [0.05, 0.1) is 11.7 Å². The number of hydrogen-bond acceptors (Lipinski definition) is 4. The summed E-state index contributed by atoms with van der Waals surface area (Å²) in [6, 6.07) is 23.7. The van der Waals surface area contributed by atoms with E-state index in [1.165, 1.54) is 19.3 Å². The fourth-order valence-corrected chi connectivity index (χ4v) is 3.55. The third kappa shape index (κ3) is 6.47. The molecule has 0 saturated heterocycles. The van der Waals surface area contributed by atoms with Gasteiger partial charge in [-0.2, -0.15) is 0 Å². The van der Waals surface area contributed by atoms with Gasteiger partial charge in [-0.1, -0.05) is 49.3 Å². The average Bonchev–Trinajstić information content (AvgIpc) is 2.85. The van der Waals surface area contributed by atoms with Crippen LogP contribution in [-0.4, -0.2) is 18.9 Å². The van der Waals surface area contributed by atoms with E-state index in [-0.39, 0.29) is 6.79 Å². The Hall–Kier alpha value is -3.55. The van der Waals surface area contributed by atoms with Crippen molar-refractivity contribution in [3.63, 3.8) is 0 Å². The smallest absolute Gasteiger partial charge is 0.343 e. The zero-order valence-corrected chi connectivity index (χ0v) is 18.0. The Morgan fingerprint density at radius 2 is 1.38 bits per heavy atom. The second kappa shape index (κ2) is 11.2. The molecule has 3 aromatic rings. The Balaban J connectivity index is 1.27. The number of esters is 1. The lowest BCUT2D eigenvalue weighted by Crippen LogP contribution is -2.19. The third-order valence-electron chi connectivity index (χ3n) is 5.36. The SMILES string of the molecule is O=C(Oc1ccccc1)c1ccc(C#Cc2ccc(OCOC3CCCCC3)cc2)cc1. The fraction of sp³-hybridized carbons (Fsp3) is 0.250. The Morgan fingerprint density at radius 3 is 2.03 bits per heavy atom. The molecule has 0 unspecified atom stereocenters. The van der Waals surface area contributed by atoms with Crippen molar-refractivity contribution in [2.75, 3.05) is 6.79 Å². The standard InChI is InChI=1S/C28H26O4/c29-28(32-27-9-5-2-6-10-27)24-17-13-22(14-18-24)11-12-23-15-19-26(20-16-23)31-21-30-25-7-3-1-4-8-25/h2,5-6,9-10,13-20,25H,1,3-4,7-8,21H2. The molecule has 4 heteroatoms. The number of carbonyl (C=O) groups excluding carboxylic acids is 1. The Labute approximate surface area is 189 Å². The number of hydrogen-bond donors (Lipinski definition) is 0. The summed E-state index contributed by atoms with van der Waals surface area (Å²) in [7, 11) is 0. The minimum absolute atomic E-state index is 0.286. The quantitative estimate of drug-likeness (QED) is 0.210. The maximum Gasteiger partial charge on any atom is 0.343 e. The summed E-state index contributed by atoms with van der Waals surface area (Å²) in [6.07, 6.45) is 6.41. The molecule has 1 saturated carbocycles. The first-order valence-corrected chi connectivity index (χ1v) is 11.0. The molecule has 0 spiro atoms. The monoisotopic (exact) mass is 426 g/mol. The predicted molar refractivity (Wildman–Crippen MR) is 124 cm³/mol. The third-order valence-corrected chi connectivity index (χ3v) is 5.36. The highest BCUT2D eigenvalue weighted by Gasteiger charge is 2.13. The zero-order valence-electron chi connectivity index (χ0n) is 18.0. The fourth-order valence-electron chi connectivity index (χ4n) is 3.55. The van der Waals surface area contributed by atoms with E-state index in [2.05, 4.69) is 11.8 Å². The Bertz CT molecular complexity index is 1050. The number of ether oxygens (including phenoxy) is 3. The van der Waals surface area contributed by atoms with Crippen LogP contribution in [0.5, 0.6) is 11.5 Å². The summed E-state index contributed by atoms with van der Waals surface area (Å²) < 4.78 is 16.8. The molecule has 0 amide bonds. The molecule has 32 heavy (non-hydrogen) atoms. The molecule has 0 heterocycles. The summed E-state index contributed by atoms with van der Waals surface area (Å²) in [5.74, 6) is 7.15. The van der Waals surface area contributed by atoms with Gasteiger partial charge in [0.15, 0.2) is 6.79 Å². The van der Waals surface area contributed by atoms with E-state index >= 15 is 0 Å². The van der Waals surface area contributed by atoms with Crippen molar-refractivity contribution in [2.45, 2.75) is 38.2 Å². The van der Waals surface area contributed by atoms with Crippen LogP contribution in [0.25, 0.3) is 0 Å². The maximum absolute atomic E-state index is 12.2. The lowest BCUT2D eigenvalue weighted by molar-refractivity contribution is -0.0496. The van der Waals surface area contributed by atoms with Gasteiger partial charge >= 0.3 is 5.97 Å². The molecule has 0 bridgehead atoms. The first kappa shape index (κ1) is 21.7. The minimum Gasteiger partial charge on any atom is -0.468 e. The van der Waals surface area contributed by atoms with Crippen LogP contribution in [0.4, 0.5) is 0 Å². The highest BCUT2D eigenvalue weighted by atomic mass is 16.7. The summed E-state index contributed by atoms with van der Waals surface area (Å²) in [5.41, 5.74) is 2.19. The minimum atomic E-state index is -0.390. The first-order valence-electron chi connectivity index (χ1n) is 11.0. The number of carbonyl (C=O) groups is 1. The van der Waals surface area contributed by atoms with Gasteiger partial charge in [0.2, 0.25) is 0 Å². The van der Waals surface area contributed by atoms with Gasteiger partial charge in [0.1, 0.15) is 11.5 Å². The van der Waals surface area contributed by atoms with Gasteiger partial charge in [-0.3, -0.25) is 0 Å². The molecule has 1 fully saturated rings. The lowest BCUT2D eigenvalue weighted by Gasteiger charge is -2.21. The van der Waals surface area contributed by atoms with Crippen molar-refractivity contribution in [3.8, 4) is 23.3 Å². The van der Waals surface area contributed by atoms with Crippen molar-refractivity contribution < 1.29 is 19.0 Å². The van der Waals surface area contributed by atoms with Gasteiger partial charge in [-0.25, -0.2) is 4.79 Å². The molecular formula is C28H26O4. The van der Waals surface area contributed by atoms with E-state index in [0.29, 0.717) is 17.4 Å². The van der Waals surface area contributed by atoms with Crippen LogP contribution in [-0.2, 0) is 4.74 Å². The zero-order chi connectivity index (χ0) is 22.0. The van der Waals surface area contributed by atoms with Gasteiger partial charge in [0, 0.05) is 11.1 Å². The second-order valence-electron chi connectivity index (χ2n) is 7.74.